The molecule has 3 aromatic heterocycles. The first-order valence-electron chi connectivity index (χ1n) is 10.9. The summed E-state index contributed by atoms with van der Waals surface area (Å²) < 4.78 is 13.8. The molecule has 1 aliphatic rings. The van der Waals surface area contributed by atoms with Crippen LogP contribution in [-0.2, 0) is 24.2 Å². The van der Waals surface area contributed by atoms with Gasteiger partial charge in [0, 0.05) is 47.5 Å². The molecule has 9 heteroatoms. The molecule has 4 aromatic rings. The van der Waals surface area contributed by atoms with Gasteiger partial charge >= 0.3 is 0 Å². The molecule has 1 amide bonds. The highest BCUT2D eigenvalue weighted by molar-refractivity contribution is 5.83. The first-order chi connectivity index (χ1) is 16.1. The van der Waals surface area contributed by atoms with Gasteiger partial charge in [-0.1, -0.05) is 18.2 Å². The lowest BCUT2D eigenvalue weighted by atomic mass is 10.0. The highest BCUT2D eigenvalue weighted by Gasteiger charge is 2.25. The smallest absolute Gasteiger partial charge is 0.236 e. The van der Waals surface area contributed by atoms with Crippen molar-refractivity contribution in [2.24, 2.45) is 5.73 Å². The van der Waals surface area contributed by atoms with Gasteiger partial charge in [0.15, 0.2) is 5.82 Å². The number of nitrogens with one attached hydrogen (secondary N) is 2. The number of nitrogens with two attached hydrogens (primary N) is 1. The van der Waals surface area contributed by atoms with Crippen molar-refractivity contribution in [3.05, 3.63) is 71.6 Å². The molecular weight excluding hydrogens is 421 g/mol. The van der Waals surface area contributed by atoms with Crippen LogP contribution in [0.2, 0.25) is 0 Å². The average Bonchev–Trinajstić information content (AvgIpc) is 3.26. The van der Waals surface area contributed by atoms with Gasteiger partial charge in [0.2, 0.25) is 5.91 Å². The molecule has 1 aromatic carbocycles. The molecule has 0 bridgehead atoms. The van der Waals surface area contributed by atoms with Crippen molar-refractivity contribution >= 4 is 22.6 Å². The van der Waals surface area contributed by atoms with Crippen LogP contribution < -0.4 is 11.1 Å². The zero-order chi connectivity index (χ0) is 22.8. The van der Waals surface area contributed by atoms with E-state index in [4.69, 9.17) is 10.7 Å². The van der Waals surface area contributed by atoms with Crippen LogP contribution in [0.3, 0.4) is 0 Å². The van der Waals surface area contributed by atoms with Gasteiger partial charge in [-0.3, -0.25) is 9.78 Å². The fourth-order valence-electron chi connectivity index (χ4n) is 4.24. The third kappa shape index (κ3) is 4.27. The Bertz CT molecular complexity index is 1320. The summed E-state index contributed by atoms with van der Waals surface area (Å²) in [7, 11) is 0. The molecule has 0 aliphatic carbocycles. The third-order valence-corrected chi connectivity index (χ3v) is 5.92. The van der Waals surface area contributed by atoms with Crippen molar-refractivity contribution < 1.29 is 9.18 Å². The molecular formula is C24H24FN7O. The van der Waals surface area contributed by atoms with Gasteiger partial charge < -0.3 is 20.9 Å². The number of pyridine rings is 1. The monoisotopic (exact) mass is 445 g/mol. The number of H-pyrrole nitrogens is 1. The highest BCUT2D eigenvalue weighted by Crippen LogP contribution is 2.27. The number of benzene rings is 1. The minimum Gasteiger partial charge on any atom is -0.369 e. The molecule has 0 saturated carbocycles. The summed E-state index contributed by atoms with van der Waals surface area (Å²) in [6.45, 7) is 1.53. The molecule has 0 atom stereocenters. The molecule has 8 nitrogen and oxygen atoms in total. The number of hydrogen-bond acceptors (Lipinski definition) is 6. The van der Waals surface area contributed by atoms with E-state index in [1.807, 2.05) is 18.3 Å². The van der Waals surface area contributed by atoms with E-state index in [1.54, 1.807) is 4.90 Å². The lowest BCUT2D eigenvalue weighted by Crippen LogP contribution is -2.40. The SMILES string of the molecule is NCC(=O)N1CCc2c(nc(-c3cncc(F)c3)nc2NCCc2c[nH]c3ccccc23)C1. The van der Waals surface area contributed by atoms with Gasteiger partial charge in [-0.15, -0.1) is 0 Å². The van der Waals surface area contributed by atoms with E-state index < -0.39 is 5.82 Å². The minimum absolute atomic E-state index is 0.0448. The van der Waals surface area contributed by atoms with E-state index >= 15 is 0 Å². The lowest BCUT2D eigenvalue weighted by molar-refractivity contribution is -0.130. The van der Waals surface area contributed by atoms with Crippen LogP contribution in [0.4, 0.5) is 10.2 Å². The van der Waals surface area contributed by atoms with Crippen molar-refractivity contribution in [1.82, 2.24) is 24.8 Å². The molecule has 0 fully saturated rings. The fourth-order valence-corrected chi connectivity index (χ4v) is 4.24. The maximum atomic E-state index is 13.8. The number of para-hydroxylation sites is 1. The Hall–Kier alpha value is -3.85. The number of aromatic amines is 1. The zero-order valence-electron chi connectivity index (χ0n) is 18.0. The summed E-state index contributed by atoms with van der Waals surface area (Å²) in [5.41, 5.74) is 10.1. The molecule has 0 saturated heterocycles. The van der Waals surface area contributed by atoms with E-state index in [2.05, 4.69) is 32.4 Å². The molecule has 0 unspecified atom stereocenters. The Labute approximate surface area is 190 Å². The van der Waals surface area contributed by atoms with Crippen LogP contribution in [0.15, 0.2) is 48.9 Å². The number of anilines is 1. The van der Waals surface area contributed by atoms with Crippen LogP contribution in [0, 0.1) is 5.82 Å². The summed E-state index contributed by atoms with van der Waals surface area (Å²) in [4.78, 5) is 30.4. The Morgan fingerprint density at radius 3 is 2.97 bits per heavy atom. The molecule has 5 rings (SSSR count). The minimum atomic E-state index is -0.456. The standard InChI is InChI=1S/C24H24FN7O/c25-17-9-16(11-27-13-17)23-30-21-14-32(22(33)10-26)8-6-19(21)24(31-23)28-7-5-15-12-29-20-4-2-1-3-18(15)20/h1-4,9,11-13,29H,5-8,10,14,26H2,(H,28,30,31). The van der Waals surface area contributed by atoms with Crippen LogP contribution in [-0.4, -0.2) is 50.4 Å². The van der Waals surface area contributed by atoms with Crippen molar-refractivity contribution in [2.75, 3.05) is 25.0 Å². The first kappa shape index (κ1) is 21.0. The number of halogens is 1. The second-order valence-corrected chi connectivity index (χ2v) is 8.02. The van der Waals surface area contributed by atoms with Crippen molar-refractivity contribution in [1.29, 1.82) is 0 Å². The van der Waals surface area contributed by atoms with Crippen molar-refractivity contribution in [3.63, 3.8) is 0 Å². The number of carbonyl (C=O) groups is 1. The predicted molar refractivity (Wildman–Crippen MR) is 124 cm³/mol. The van der Waals surface area contributed by atoms with E-state index in [0.29, 0.717) is 43.3 Å². The zero-order valence-corrected chi connectivity index (χ0v) is 18.0. The van der Waals surface area contributed by atoms with Crippen molar-refractivity contribution in [3.8, 4) is 11.4 Å². The number of rotatable bonds is 6. The Morgan fingerprint density at radius 1 is 1.24 bits per heavy atom. The van der Waals surface area contributed by atoms with Gasteiger partial charge in [-0.25, -0.2) is 14.4 Å². The summed E-state index contributed by atoms with van der Waals surface area (Å²) in [5, 5.41) is 4.65. The Morgan fingerprint density at radius 2 is 2.12 bits per heavy atom. The highest BCUT2D eigenvalue weighted by atomic mass is 19.1. The van der Waals surface area contributed by atoms with Gasteiger partial charge in [0.1, 0.15) is 11.6 Å². The molecule has 4 heterocycles. The lowest BCUT2D eigenvalue weighted by Gasteiger charge is -2.29. The predicted octanol–water partition coefficient (Wildman–Crippen LogP) is 2.66. The Kier molecular flexibility index (Phi) is 5.70. The second kappa shape index (κ2) is 8.95. The number of fused-ring (bicyclic) bond motifs is 2. The summed E-state index contributed by atoms with van der Waals surface area (Å²) in [6.07, 6.45) is 6.13. The van der Waals surface area contributed by atoms with E-state index in [-0.39, 0.29) is 12.5 Å². The summed E-state index contributed by atoms with van der Waals surface area (Å²) >= 11 is 0. The van der Waals surface area contributed by atoms with E-state index in [1.165, 1.54) is 23.2 Å². The van der Waals surface area contributed by atoms with Crippen LogP contribution in [0.5, 0.6) is 0 Å². The summed E-state index contributed by atoms with van der Waals surface area (Å²) in [5.74, 6) is 0.501. The van der Waals surface area contributed by atoms with E-state index in [0.717, 1.165) is 29.4 Å². The summed E-state index contributed by atoms with van der Waals surface area (Å²) in [6, 6.07) is 9.56. The van der Waals surface area contributed by atoms with Gasteiger partial charge in [0.05, 0.1) is 25.0 Å². The largest absolute Gasteiger partial charge is 0.369 e. The van der Waals surface area contributed by atoms with Crippen LogP contribution in [0.1, 0.15) is 16.8 Å². The fraction of sp³-hybridized carbons (Fsp3) is 0.250. The number of nitrogens with zero attached hydrogens (tertiary/aromatic N) is 4. The first-order valence-corrected chi connectivity index (χ1v) is 10.9. The Balaban J connectivity index is 1.44. The molecule has 33 heavy (non-hydrogen) atoms. The number of amides is 1. The van der Waals surface area contributed by atoms with Crippen LogP contribution >= 0.6 is 0 Å². The maximum absolute atomic E-state index is 13.8. The quantitative estimate of drug-likeness (QED) is 0.421. The third-order valence-electron chi connectivity index (χ3n) is 5.92. The molecule has 0 radical (unpaired) electrons. The molecule has 4 N–H and O–H groups in total. The van der Waals surface area contributed by atoms with Crippen LogP contribution in [0.25, 0.3) is 22.3 Å². The van der Waals surface area contributed by atoms with Crippen molar-refractivity contribution in [2.45, 2.75) is 19.4 Å². The van der Waals surface area contributed by atoms with Gasteiger partial charge in [-0.05, 0) is 30.5 Å². The second-order valence-electron chi connectivity index (χ2n) is 8.02. The molecule has 1 aliphatic heterocycles. The molecule has 0 spiro atoms. The average molecular weight is 446 g/mol. The van der Waals surface area contributed by atoms with Gasteiger partial charge in [-0.2, -0.15) is 0 Å². The van der Waals surface area contributed by atoms with E-state index in [9.17, 15) is 9.18 Å². The number of carbonyl (C=O) groups excluding carboxylic acids is 1. The topological polar surface area (TPSA) is 113 Å². The molecule has 168 valence electrons. The number of hydrogen-bond donors (Lipinski definition) is 3. The number of aromatic nitrogens is 4. The van der Waals surface area contributed by atoms with Gasteiger partial charge in [0.25, 0.3) is 0 Å². The maximum Gasteiger partial charge on any atom is 0.236 e. The normalized spacial score (nSPS) is 13.2.